The van der Waals surface area contributed by atoms with Crippen molar-refractivity contribution in [2.45, 2.75) is 35.6 Å². The van der Waals surface area contributed by atoms with Gasteiger partial charge in [0.25, 0.3) is 0 Å². The number of halogens is 3. The number of hydrogen-bond acceptors (Lipinski definition) is 5. The minimum absolute atomic E-state index is 0.147. The van der Waals surface area contributed by atoms with Crippen LogP contribution in [0.25, 0.3) is 0 Å². The summed E-state index contributed by atoms with van der Waals surface area (Å²) in [6.07, 6.45) is -0.298. The van der Waals surface area contributed by atoms with Gasteiger partial charge in [-0.05, 0) is 58.7 Å². The normalized spacial score (nSPS) is 18.1. The average molecular weight is 580 g/mol. The van der Waals surface area contributed by atoms with Crippen LogP contribution in [0.5, 0.6) is 0 Å². The Morgan fingerprint density at radius 1 is 1.14 bits per heavy atom. The first-order valence-corrected chi connectivity index (χ1v) is 13.1. The molecule has 1 aromatic heterocycles. The van der Waals surface area contributed by atoms with Gasteiger partial charge in [-0.1, -0.05) is 12.1 Å². The molecule has 0 fully saturated rings. The van der Waals surface area contributed by atoms with Crippen molar-refractivity contribution >= 4 is 62.4 Å². The number of hydrogen-bond donors (Lipinski definition) is 3. The fraction of sp³-hybridized carbons (Fsp3) is 0.208. The molecule has 0 unspecified atom stereocenters. The van der Waals surface area contributed by atoms with Crippen LogP contribution in [0.3, 0.4) is 0 Å². The van der Waals surface area contributed by atoms with Crippen LogP contribution in [0.1, 0.15) is 22.6 Å². The van der Waals surface area contributed by atoms with Gasteiger partial charge in [-0.25, -0.2) is 8.78 Å². The van der Waals surface area contributed by atoms with E-state index in [1.807, 2.05) is 29.6 Å². The van der Waals surface area contributed by atoms with Gasteiger partial charge in [0.05, 0.1) is 17.4 Å². The van der Waals surface area contributed by atoms with Gasteiger partial charge in [-0.2, -0.15) is 0 Å². The summed E-state index contributed by atoms with van der Waals surface area (Å²) in [6, 6.07) is 10.2. The number of rotatable bonds is 6. The molecule has 0 spiro atoms. The lowest BCUT2D eigenvalue weighted by Crippen LogP contribution is -2.52. The van der Waals surface area contributed by atoms with Crippen molar-refractivity contribution in [1.82, 2.24) is 10.6 Å². The zero-order valence-corrected chi connectivity index (χ0v) is 21.5. The van der Waals surface area contributed by atoms with Crippen LogP contribution < -0.4 is 16.0 Å². The number of carbonyl (C=O) groups is 3. The maximum Gasteiger partial charge on any atom is 0.248 e. The van der Waals surface area contributed by atoms with Gasteiger partial charge in [0.1, 0.15) is 23.7 Å². The third kappa shape index (κ3) is 6.28. The lowest BCUT2D eigenvalue weighted by Gasteiger charge is -2.25. The van der Waals surface area contributed by atoms with E-state index in [4.69, 9.17) is 0 Å². The Bertz CT molecular complexity index is 1270. The Labute approximate surface area is 217 Å². The molecule has 3 N–H and O–H groups in total. The SMILES string of the molecule is C[C@H](NC(=O)Cc1cc(F)cc(F)c1)C(=O)N[C@@H]1C(=O)Nc2ccccc2S[C@@H]1c1cc(Br)cs1. The van der Waals surface area contributed by atoms with Crippen molar-refractivity contribution in [2.75, 3.05) is 5.32 Å². The maximum absolute atomic E-state index is 13.4. The van der Waals surface area contributed by atoms with Gasteiger partial charge < -0.3 is 16.0 Å². The molecule has 2 aromatic carbocycles. The Morgan fingerprint density at radius 3 is 2.54 bits per heavy atom. The Kier molecular flexibility index (Phi) is 7.88. The highest BCUT2D eigenvalue weighted by Gasteiger charge is 2.37. The molecule has 0 aliphatic carbocycles. The van der Waals surface area contributed by atoms with Crippen molar-refractivity contribution in [3.05, 3.63) is 80.5 Å². The van der Waals surface area contributed by atoms with Crippen LogP contribution in [0, 0.1) is 11.6 Å². The third-order valence-electron chi connectivity index (χ3n) is 5.21. The summed E-state index contributed by atoms with van der Waals surface area (Å²) < 4.78 is 27.7. The second-order valence-corrected chi connectivity index (χ2v) is 11.0. The highest BCUT2D eigenvalue weighted by Crippen LogP contribution is 2.45. The molecule has 3 amide bonds. The van der Waals surface area contributed by atoms with E-state index in [9.17, 15) is 23.2 Å². The molecule has 3 atom stereocenters. The summed E-state index contributed by atoms with van der Waals surface area (Å²) in [7, 11) is 0. The van der Waals surface area contributed by atoms with Crippen LogP contribution in [-0.4, -0.2) is 29.8 Å². The molecule has 0 saturated heterocycles. The molecule has 0 radical (unpaired) electrons. The molecule has 0 saturated carbocycles. The monoisotopic (exact) mass is 579 g/mol. The number of carbonyl (C=O) groups excluding carboxylic acids is 3. The van der Waals surface area contributed by atoms with E-state index in [1.54, 1.807) is 6.07 Å². The summed E-state index contributed by atoms with van der Waals surface area (Å²) >= 11 is 6.37. The molecule has 11 heteroatoms. The summed E-state index contributed by atoms with van der Waals surface area (Å²) in [4.78, 5) is 40.3. The quantitative estimate of drug-likeness (QED) is 0.391. The number of anilines is 1. The number of thiophene rings is 1. The van der Waals surface area contributed by atoms with E-state index < -0.39 is 40.8 Å². The van der Waals surface area contributed by atoms with Crippen molar-refractivity contribution < 1.29 is 23.2 Å². The minimum atomic E-state index is -0.986. The number of fused-ring (bicyclic) bond motifs is 1. The van der Waals surface area contributed by atoms with Gasteiger partial charge in [0.2, 0.25) is 17.7 Å². The van der Waals surface area contributed by atoms with Gasteiger partial charge in [-0.3, -0.25) is 14.4 Å². The van der Waals surface area contributed by atoms with E-state index >= 15 is 0 Å². The number of nitrogens with one attached hydrogen (secondary N) is 3. The maximum atomic E-state index is 13.4. The van der Waals surface area contributed by atoms with Crippen LogP contribution in [-0.2, 0) is 20.8 Å². The second kappa shape index (κ2) is 10.9. The summed E-state index contributed by atoms with van der Waals surface area (Å²) in [6.45, 7) is 1.48. The molecule has 6 nitrogen and oxygen atoms in total. The predicted octanol–water partition coefficient (Wildman–Crippen LogP) is 4.81. The van der Waals surface area contributed by atoms with E-state index in [-0.39, 0.29) is 17.9 Å². The first-order chi connectivity index (χ1) is 16.7. The van der Waals surface area contributed by atoms with Crippen LogP contribution in [0.4, 0.5) is 14.5 Å². The van der Waals surface area contributed by atoms with Gasteiger partial charge in [0.15, 0.2) is 0 Å². The molecule has 0 bridgehead atoms. The van der Waals surface area contributed by atoms with Crippen molar-refractivity contribution in [3.63, 3.8) is 0 Å². The van der Waals surface area contributed by atoms with Gasteiger partial charge in [0, 0.05) is 25.7 Å². The molecular weight excluding hydrogens is 560 g/mol. The lowest BCUT2D eigenvalue weighted by atomic mass is 10.1. The van der Waals surface area contributed by atoms with Gasteiger partial charge in [-0.15, -0.1) is 23.1 Å². The number of para-hydroxylation sites is 1. The van der Waals surface area contributed by atoms with E-state index in [0.29, 0.717) is 11.8 Å². The number of amides is 3. The molecule has 182 valence electrons. The predicted molar refractivity (Wildman–Crippen MR) is 135 cm³/mol. The smallest absolute Gasteiger partial charge is 0.248 e. The Balaban J connectivity index is 1.48. The van der Waals surface area contributed by atoms with Crippen LogP contribution in [0.15, 0.2) is 63.3 Å². The van der Waals surface area contributed by atoms with E-state index in [2.05, 4.69) is 31.9 Å². The molecule has 3 aromatic rings. The third-order valence-corrected chi connectivity index (χ3v) is 8.52. The minimum Gasteiger partial charge on any atom is -0.344 e. The Morgan fingerprint density at radius 2 is 1.86 bits per heavy atom. The Hall–Kier alpha value is -2.76. The molecule has 4 rings (SSSR count). The van der Waals surface area contributed by atoms with Crippen molar-refractivity contribution in [1.29, 1.82) is 0 Å². The van der Waals surface area contributed by atoms with E-state index in [0.717, 1.165) is 26.4 Å². The highest BCUT2D eigenvalue weighted by atomic mass is 79.9. The average Bonchev–Trinajstić information content (AvgIpc) is 3.16. The first-order valence-electron chi connectivity index (χ1n) is 10.5. The van der Waals surface area contributed by atoms with Crippen LogP contribution in [0.2, 0.25) is 0 Å². The number of benzene rings is 2. The topological polar surface area (TPSA) is 87.3 Å². The lowest BCUT2D eigenvalue weighted by molar-refractivity contribution is -0.130. The molecule has 35 heavy (non-hydrogen) atoms. The van der Waals surface area contributed by atoms with Crippen molar-refractivity contribution in [3.8, 4) is 0 Å². The van der Waals surface area contributed by atoms with Gasteiger partial charge >= 0.3 is 0 Å². The molecular formula is C24H20BrF2N3O3S2. The van der Waals surface area contributed by atoms with Crippen LogP contribution >= 0.6 is 39.0 Å². The molecule has 2 heterocycles. The summed E-state index contributed by atoms with van der Waals surface area (Å²) in [5.74, 6) is -3.09. The largest absolute Gasteiger partial charge is 0.344 e. The second-order valence-electron chi connectivity index (χ2n) is 7.92. The van der Waals surface area contributed by atoms with E-state index in [1.165, 1.54) is 30.0 Å². The zero-order valence-electron chi connectivity index (χ0n) is 18.3. The fourth-order valence-electron chi connectivity index (χ4n) is 3.60. The first kappa shape index (κ1) is 25.3. The standard InChI is InChI=1S/C24H20BrF2N3O3S2/c1-12(28-20(31)8-13-6-15(26)10-16(27)7-13)23(32)30-21-22(19-9-14(25)11-34-19)35-18-5-3-2-4-17(18)29-24(21)33/h2-7,9-12,21-22H,8H2,1H3,(H,28,31)(H,29,33)(H,30,32)/t12-,21-,22+/m0/s1. The number of thioether (sulfide) groups is 1. The fourth-order valence-corrected chi connectivity index (χ4v) is 6.56. The van der Waals surface area contributed by atoms with Crippen molar-refractivity contribution in [2.24, 2.45) is 0 Å². The summed E-state index contributed by atoms with van der Waals surface area (Å²) in [5.41, 5.74) is 0.803. The summed E-state index contributed by atoms with van der Waals surface area (Å²) in [5, 5.41) is 9.66. The molecule has 1 aliphatic heterocycles. The highest BCUT2D eigenvalue weighted by molar-refractivity contribution is 9.10. The molecule has 1 aliphatic rings. The zero-order chi connectivity index (χ0) is 25.1.